The van der Waals surface area contributed by atoms with Gasteiger partial charge in [-0.25, -0.2) is 22.4 Å². The van der Waals surface area contributed by atoms with Crippen LogP contribution in [0.4, 0.5) is 22.4 Å². The number of carbonyl (C=O) groups is 1. The van der Waals surface area contributed by atoms with Gasteiger partial charge in [0.25, 0.3) is 5.92 Å². The standard InChI is InChI=1S/C22H23F4N3O2S/c1-28-8-9-31-19-16(6-3-7-17(19)24)15-5-2-4-14(10-15)11-18-20(27-32-13-23)22(25,26)12-29(18)21(28)30/h2-7,10,18,20,27H,8-9,11-13H2,1H3. The van der Waals surface area contributed by atoms with Crippen LogP contribution in [-0.4, -0.2) is 66.6 Å². The fourth-order valence-electron chi connectivity index (χ4n) is 4.22. The van der Waals surface area contributed by atoms with E-state index in [4.69, 9.17) is 4.74 Å². The molecule has 0 radical (unpaired) electrons. The SMILES string of the molecule is CN1CCOc2c(F)cccc2-c2cccc(c2)CC2C(NSCF)C(F)(F)CN2C1=O. The fraction of sp³-hybridized carbons (Fsp3) is 0.409. The maximum Gasteiger partial charge on any atom is 0.320 e. The van der Waals surface area contributed by atoms with Crippen LogP contribution in [0, 0.1) is 5.82 Å². The Balaban J connectivity index is 1.78. The predicted octanol–water partition coefficient (Wildman–Crippen LogP) is 4.33. The Hall–Kier alpha value is -2.46. The van der Waals surface area contributed by atoms with Crippen molar-refractivity contribution >= 4 is 18.0 Å². The Morgan fingerprint density at radius 3 is 2.81 bits per heavy atom. The molecule has 1 saturated heterocycles. The third-order valence-electron chi connectivity index (χ3n) is 5.78. The molecule has 0 spiro atoms. The lowest BCUT2D eigenvalue weighted by Gasteiger charge is -2.31. The molecule has 1 N–H and O–H groups in total. The molecule has 2 atom stereocenters. The van der Waals surface area contributed by atoms with Crippen LogP contribution in [0.15, 0.2) is 42.5 Å². The molecule has 32 heavy (non-hydrogen) atoms. The number of halogens is 4. The molecule has 2 bridgehead atoms. The van der Waals surface area contributed by atoms with E-state index in [1.165, 1.54) is 18.0 Å². The quantitative estimate of drug-likeness (QED) is 0.537. The molecular formula is C22H23F4N3O2S. The minimum absolute atomic E-state index is 0.00978. The summed E-state index contributed by atoms with van der Waals surface area (Å²) < 4.78 is 65.2. The van der Waals surface area contributed by atoms with E-state index >= 15 is 0 Å². The van der Waals surface area contributed by atoms with Gasteiger partial charge in [-0.15, -0.1) is 0 Å². The van der Waals surface area contributed by atoms with Gasteiger partial charge >= 0.3 is 6.03 Å². The summed E-state index contributed by atoms with van der Waals surface area (Å²) in [6.45, 7) is -0.707. The van der Waals surface area contributed by atoms with Gasteiger partial charge in [0.1, 0.15) is 18.7 Å². The zero-order valence-corrected chi connectivity index (χ0v) is 18.2. The summed E-state index contributed by atoms with van der Waals surface area (Å²) in [5, 5.41) is 0. The number of carbonyl (C=O) groups excluding carboxylic acids is 1. The number of hydrogen-bond acceptors (Lipinski definition) is 4. The lowest BCUT2D eigenvalue weighted by Crippen LogP contribution is -2.50. The number of rotatable bonds is 3. The van der Waals surface area contributed by atoms with Crippen LogP contribution < -0.4 is 9.46 Å². The summed E-state index contributed by atoms with van der Waals surface area (Å²) in [5.41, 5.74) is 1.91. The van der Waals surface area contributed by atoms with E-state index in [-0.39, 0.29) is 25.3 Å². The number of likely N-dealkylation sites (N-methyl/N-ethyl adjacent to an activating group) is 1. The highest BCUT2D eigenvalue weighted by Crippen LogP contribution is 2.38. The van der Waals surface area contributed by atoms with E-state index in [1.807, 2.05) is 0 Å². The van der Waals surface area contributed by atoms with Gasteiger partial charge in [-0.2, -0.15) is 0 Å². The molecule has 2 aromatic carbocycles. The Kier molecular flexibility index (Phi) is 6.52. The maximum atomic E-state index is 14.9. The predicted molar refractivity (Wildman–Crippen MR) is 115 cm³/mol. The molecule has 0 aromatic heterocycles. The van der Waals surface area contributed by atoms with Crippen LogP contribution >= 0.6 is 11.9 Å². The summed E-state index contributed by atoms with van der Waals surface area (Å²) in [6, 6.07) is 7.91. The molecular weight excluding hydrogens is 446 g/mol. The number of fused-ring (bicyclic) bond motifs is 5. The number of nitrogens with zero attached hydrogens (tertiary/aromatic N) is 2. The second kappa shape index (κ2) is 9.19. The third kappa shape index (κ3) is 4.38. The van der Waals surface area contributed by atoms with Crippen LogP contribution in [0.5, 0.6) is 5.75 Å². The Bertz CT molecular complexity index is 993. The first-order valence-corrected chi connectivity index (χ1v) is 11.1. The Morgan fingerprint density at radius 2 is 2.03 bits per heavy atom. The third-order valence-corrected chi connectivity index (χ3v) is 6.31. The smallest absolute Gasteiger partial charge is 0.320 e. The van der Waals surface area contributed by atoms with Crippen molar-refractivity contribution in [1.29, 1.82) is 0 Å². The van der Waals surface area contributed by atoms with Crippen molar-refractivity contribution in [2.45, 2.75) is 24.4 Å². The lowest BCUT2D eigenvalue weighted by atomic mass is 9.96. The first-order chi connectivity index (χ1) is 15.3. The van der Waals surface area contributed by atoms with Gasteiger partial charge in [-0.3, -0.25) is 4.72 Å². The van der Waals surface area contributed by atoms with Crippen molar-refractivity contribution in [3.63, 3.8) is 0 Å². The summed E-state index contributed by atoms with van der Waals surface area (Å²) in [6.07, 6.45) is 0.124. The zero-order chi connectivity index (χ0) is 22.9. The van der Waals surface area contributed by atoms with Gasteiger partial charge in [0.2, 0.25) is 0 Å². The van der Waals surface area contributed by atoms with Crippen molar-refractivity contribution in [2.24, 2.45) is 0 Å². The van der Waals surface area contributed by atoms with E-state index in [0.717, 1.165) is 4.90 Å². The molecule has 0 saturated carbocycles. The monoisotopic (exact) mass is 469 g/mol. The topological polar surface area (TPSA) is 44.8 Å². The fourth-order valence-corrected chi connectivity index (χ4v) is 4.79. The molecule has 2 heterocycles. The Morgan fingerprint density at radius 1 is 1.25 bits per heavy atom. The summed E-state index contributed by atoms with van der Waals surface area (Å²) in [7, 11) is 1.49. The van der Waals surface area contributed by atoms with Crippen molar-refractivity contribution in [1.82, 2.24) is 14.5 Å². The maximum absolute atomic E-state index is 14.9. The molecule has 4 rings (SSSR count). The molecule has 2 aromatic rings. The highest BCUT2D eigenvalue weighted by atomic mass is 32.2. The normalized spacial score (nSPS) is 22.8. The number of ether oxygens (including phenoxy) is 1. The average Bonchev–Trinajstić information content (AvgIpc) is 3.01. The first kappa shape index (κ1) is 22.7. The molecule has 0 aliphatic carbocycles. The minimum Gasteiger partial charge on any atom is -0.488 e. The minimum atomic E-state index is -3.23. The van der Waals surface area contributed by atoms with E-state index in [2.05, 4.69) is 4.72 Å². The lowest BCUT2D eigenvalue weighted by molar-refractivity contribution is -0.00439. The van der Waals surface area contributed by atoms with E-state index < -0.39 is 42.4 Å². The van der Waals surface area contributed by atoms with Crippen LogP contribution in [-0.2, 0) is 6.42 Å². The van der Waals surface area contributed by atoms with Gasteiger partial charge in [-0.05, 0) is 35.6 Å². The number of hydrogen-bond donors (Lipinski definition) is 1. The van der Waals surface area contributed by atoms with Crippen LogP contribution in [0.25, 0.3) is 11.1 Å². The van der Waals surface area contributed by atoms with Crippen LogP contribution in [0.1, 0.15) is 5.56 Å². The molecule has 2 aliphatic rings. The van der Waals surface area contributed by atoms with Crippen molar-refractivity contribution < 1.29 is 27.1 Å². The number of nitrogens with one attached hydrogen (secondary N) is 1. The van der Waals surface area contributed by atoms with Crippen LogP contribution in [0.3, 0.4) is 0 Å². The zero-order valence-electron chi connectivity index (χ0n) is 17.4. The van der Waals surface area contributed by atoms with Gasteiger partial charge in [0.15, 0.2) is 11.6 Å². The van der Waals surface area contributed by atoms with Crippen molar-refractivity contribution in [3.05, 3.63) is 53.8 Å². The van der Waals surface area contributed by atoms with E-state index in [9.17, 15) is 22.4 Å². The van der Waals surface area contributed by atoms with Gasteiger partial charge < -0.3 is 14.5 Å². The van der Waals surface area contributed by atoms with Gasteiger partial charge in [-0.1, -0.05) is 36.4 Å². The largest absolute Gasteiger partial charge is 0.488 e. The molecule has 5 nitrogen and oxygen atoms in total. The highest BCUT2D eigenvalue weighted by molar-refractivity contribution is 7.97. The van der Waals surface area contributed by atoms with E-state index in [0.29, 0.717) is 28.6 Å². The van der Waals surface area contributed by atoms with E-state index in [1.54, 1.807) is 36.4 Å². The van der Waals surface area contributed by atoms with Crippen molar-refractivity contribution in [3.8, 4) is 16.9 Å². The van der Waals surface area contributed by atoms with Gasteiger partial charge in [0, 0.05) is 12.6 Å². The summed E-state index contributed by atoms with van der Waals surface area (Å²) in [4.78, 5) is 15.5. The average molecular weight is 470 g/mol. The van der Waals surface area contributed by atoms with Gasteiger partial charge in [0.05, 0.1) is 19.1 Å². The molecule has 172 valence electrons. The number of urea groups is 1. The second-order valence-electron chi connectivity index (χ2n) is 7.88. The van der Waals surface area contributed by atoms with Crippen LogP contribution in [0.2, 0.25) is 0 Å². The first-order valence-electron chi connectivity index (χ1n) is 10.2. The summed E-state index contributed by atoms with van der Waals surface area (Å²) >= 11 is 0.554. The highest BCUT2D eigenvalue weighted by Gasteiger charge is 2.56. The van der Waals surface area contributed by atoms with Crippen molar-refractivity contribution in [2.75, 3.05) is 32.8 Å². The molecule has 2 amide bonds. The molecule has 1 fully saturated rings. The number of para-hydroxylation sites is 1. The molecule has 2 aliphatic heterocycles. The number of alkyl halides is 3. The Labute approximate surface area is 187 Å². The molecule has 10 heteroatoms. The second-order valence-corrected chi connectivity index (χ2v) is 8.62. The number of amides is 2. The number of benzene rings is 2. The molecule has 2 unspecified atom stereocenters. The summed E-state index contributed by atoms with van der Waals surface area (Å²) in [5.74, 6) is -3.68.